The summed E-state index contributed by atoms with van der Waals surface area (Å²) in [5, 5.41) is 8.53. The minimum atomic E-state index is -1.24. The summed E-state index contributed by atoms with van der Waals surface area (Å²) in [5.74, 6) is 0. The summed E-state index contributed by atoms with van der Waals surface area (Å²) < 4.78 is 15.3. The molecule has 0 heterocycles. The van der Waals surface area contributed by atoms with Crippen LogP contribution in [-0.2, 0) is 14.2 Å². The molecule has 0 saturated heterocycles. The molecule has 2 rings (SSSR count). The molecule has 0 amide bonds. The Hall–Kier alpha value is -1.46. The normalized spacial score (nSPS) is 27.6. The van der Waals surface area contributed by atoms with Gasteiger partial charge in [0.1, 0.15) is 18.3 Å². The highest BCUT2D eigenvalue weighted by Gasteiger charge is 2.27. The molecule has 2 fully saturated rings. The van der Waals surface area contributed by atoms with Crippen molar-refractivity contribution in [1.29, 1.82) is 0 Å². The lowest BCUT2D eigenvalue weighted by atomic mass is 9.95. The molecule has 6 nitrogen and oxygen atoms in total. The van der Waals surface area contributed by atoms with Gasteiger partial charge in [-0.2, -0.15) is 0 Å². The van der Waals surface area contributed by atoms with Gasteiger partial charge in [0.05, 0.1) is 0 Å². The van der Waals surface area contributed by atoms with Crippen LogP contribution in [0, 0.1) is 0 Å². The molecule has 20 heavy (non-hydrogen) atoms. The standard InChI is InChI=1S/C14H22O6/c15-13(16)18-11-6-8-12(9-7-11)20-14(17)19-10-4-2-1-3-5-10/h10-12H,1-9H2,(H,15,16). The fourth-order valence-corrected chi connectivity index (χ4v) is 2.89. The number of carbonyl (C=O) groups excluding carboxylic acids is 1. The number of carbonyl (C=O) groups is 2. The molecule has 0 aromatic rings. The van der Waals surface area contributed by atoms with Crippen LogP contribution in [0.5, 0.6) is 0 Å². The van der Waals surface area contributed by atoms with Gasteiger partial charge in [0.15, 0.2) is 0 Å². The fourth-order valence-electron chi connectivity index (χ4n) is 2.89. The number of ether oxygens (including phenoxy) is 3. The van der Waals surface area contributed by atoms with Crippen LogP contribution < -0.4 is 0 Å². The van der Waals surface area contributed by atoms with Gasteiger partial charge in [-0.3, -0.25) is 0 Å². The SMILES string of the molecule is O=C(O)OC1CCC(OC(=O)OC2CCCCC2)CC1. The van der Waals surface area contributed by atoms with Crippen LogP contribution >= 0.6 is 0 Å². The van der Waals surface area contributed by atoms with Gasteiger partial charge < -0.3 is 19.3 Å². The van der Waals surface area contributed by atoms with Crippen molar-refractivity contribution in [3.63, 3.8) is 0 Å². The highest BCUT2D eigenvalue weighted by atomic mass is 16.7. The zero-order valence-electron chi connectivity index (χ0n) is 11.6. The van der Waals surface area contributed by atoms with Crippen molar-refractivity contribution in [2.45, 2.75) is 76.1 Å². The van der Waals surface area contributed by atoms with Crippen LogP contribution in [0.25, 0.3) is 0 Å². The van der Waals surface area contributed by atoms with E-state index in [0.717, 1.165) is 25.7 Å². The van der Waals surface area contributed by atoms with E-state index in [1.165, 1.54) is 6.42 Å². The molecule has 1 N–H and O–H groups in total. The van der Waals surface area contributed by atoms with E-state index in [0.29, 0.717) is 25.7 Å². The molecule has 0 aromatic carbocycles. The van der Waals surface area contributed by atoms with Crippen molar-refractivity contribution in [3.05, 3.63) is 0 Å². The van der Waals surface area contributed by atoms with Crippen molar-refractivity contribution in [2.24, 2.45) is 0 Å². The minimum Gasteiger partial charge on any atom is -0.450 e. The van der Waals surface area contributed by atoms with E-state index in [-0.39, 0.29) is 18.3 Å². The third-order valence-electron chi connectivity index (χ3n) is 3.97. The van der Waals surface area contributed by atoms with Gasteiger partial charge in [0.25, 0.3) is 0 Å². The van der Waals surface area contributed by atoms with Gasteiger partial charge in [-0.15, -0.1) is 0 Å². The smallest absolute Gasteiger partial charge is 0.450 e. The second kappa shape index (κ2) is 7.36. The first-order chi connectivity index (χ1) is 9.63. The van der Waals surface area contributed by atoms with E-state index in [9.17, 15) is 9.59 Å². The lowest BCUT2D eigenvalue weighted by Gasteiger charge is -2.28. The molecule has 0 atom stereocenters. The molecule has 114 valence electrons. The Kier molecular flexibility index (Phi) is 5.49. The van der Waals surface area contributed by atoms with Crippen LogP contribution in [0.1, 0.15) is 57.8 Å². The van der Waals surface area contributed by atoms with Crippen molar-refractivity contribution in [3.8, 4) is 0 Å². The van der Waals surface area contributed by atoms with Crippen LogP contribution in [0.4, 0.5) is 9.59 Å². The lowest BCUT2D eigenvalue weighted by molar-refractivity contribution is -0.0362. The third-order valence-corrected chi connectivity index (χ3v) is 3.97. The second-order valence-corrected chi connectivity index (χ2v) is 5.53. The highest BCUT2D eigenvalue weighted by molar-refractivity contribution is 5.60. The topological polar surface area (TPSA) is 82.1 Å². The van der Waals surface area contributed by atoms with Crippen LogP contribution in [0.3, 0.4) is 0 Å². The van der Waals surface area contributed by atoms with E-state index in [4.69, 9.17) is 19.3 Å². The maximum absolute atomic E-state index is 11.7. The number of rotatable bonds is 3. The maximum Gasteiger partial charge on any atom is 0.508 e. The van der Waals surface area contributed by atoms with Gasteiger partial charge in [-0.1, -0.05) is 6.42 Å². The average molecular weight is 286 g/mol. The van der Waals surface area contributed by atoms with Crippen LogP contribution in [-0.4, -0.2) is 35.7 Å². The molecule has 0 aliphatic heterocycles. The predicted molar refractivity (Wildman–Crippen MR) is 69.6 cm³/mol. The first kappa shape index (κ1) is 14.9. The average Bonchev–Trinajstić information content (AvgIpc) is 2.41. The molecular weight excluding hydrogens is 264 g/mol. The fraction of sp³-hybridized carbons (Fsp3) is 0.857. The van der Waals surface area contributed by atoms with Crippen LogP contribution in [0.2, 0.25) is 0 Å². The van der Waals surface area contributed by atoms with E-state index >= 15 is 0 Å². The van der Waals surface area contributed by atoms with Crippen molar-refractivity contribution >= 4 is 12.3 Å². The Morgan fingerprint density at radius 2 is 1.15 bits per heavy atom. The van der Waals surface area contributed by atoms with Gasteiger partial charge >= 0.3 is 12.3 Å². The van der Waals surface area contributed by atoms with Crippen molar-refractivity contribution < 1.29 is 28.9 Å². The minimum absolute atomic E-state index is 0.00272. The Labute approximate surface area is 118 Å². The zero-order valence-corrected chi connectivity index (χ0v) is 11.6. The van der Waals surface area contributed by atoms with Gasteiger partial charge in [-0.25, -0.2) is 9.59 Å². The van der Waals surface area contributed by atoms with E-state index < -0.39 is 12.3 Å². The lowest BCUT2D eigenvalue weighted by Crippen LogP contribution is -2.31. The molecule has 0 radical (unpaired) electrons. The number of hydrogen-bond donors (Lipinski definition) is 1. The number of hydrogen-bond acceptors (Lipinski definition) is 5. The van der Waals surface area contributed by atoms with Crippen LogP contribution in [0.15, 0.2) is 0 Å². The molecule has 2 aliphatic rings. The summed E-state index contributed by atoms with van der Waals surface area (Å²) >= 11 is 0. The first-order valence-corrected chi connectivity index (χ1v) is 7.40. The van der Waals surface area contributed by atoms with Gasteiger partial charge in [0.2, 0.25) is 0 Å². The van der Waals surface area contributed by atoms with E-state index in [2.05, 4.69) is 0 Å². The largest absolute Gasteiger partial charge is 0.508 e. The molecular formula is C14H22O6. The van der Waals surface area contributed by atoms with E-state index in [1.807, 2.05) is 0 Å². The predicted octanol–water partition coefficient (Wildman–Crippen LogP) is 3.48. The maximum atomic E-state index is 11.7. The summed E-state index contributed by atoms with van der Waals surface area (Å²) in [6.45, 7) is 0. The molecule has 0 aromatic heterocycles. The second-order valence-electron chi connectivity index (χ2n) is 5.53. The monoisotopic (exact) mass is 286 g/mol. The summed E-state index contributed by atoms with van der Waals surface area (Å²) in [7, 11) is 0. The molecule has 2 aliphatic carbocycles. The Morgan fingerprint density at radius 3 is 1.65 bits per heavy atom. The number of carboxylic acid groups (broad SMARTS) is 1. The summed E-state index contributed by atoms with van der Waals surface area (Å²) in [5.41, 5.74) is 0. The first-order valence-electron chi connectivity index (χ1n) is 7.40. The Balaban J connectivity index is 1.64. The van der Waals surface area contributed by atoms with Crippen molar-refractivity contribution in [2.75, 3.05) is 0 Å². The van der Waals surface area contributed by atoms with Crippen molar-refractivity contribution in [1.82, 2.24) is 0 Å². The molecule has 6 heteroatoms. The quantitative estimate of drug-likeness (QED) is 0.800. The summed E-state index contributed by atoms with van der Waals surface area (Å²) in [6, 6.07) is 0. The third kappa shape index (κ3) is 4.90. The molecule has 2 saturated carbocycles. The Bertz CT molecular complexity index is 329. The summed E-state index contributed by atoms with van der Waals surface area (Å²) in [4.78, 5) is 22.1. The molecule has 0 spiro atoms. The highest BCUT2D eigenvalue weighted by Crippen LogP contribution is 2.25. The Morgan fingerprint density at radius 1 is 0.700 bits per heavy atom. The molecule has 0 bridgehead atoms. The van der Waals surface area contributed by atoms with E-state index in [1.54, 1.807) is 0 Å². The van der Waals surface area contributed by atoms with Gasteiger partial charge in [-0.05, 0) is 51.4 Å². The molecule has 0 unspecified atom stereocenters. The summed E-state index contributed by atoms with van der Waals surface area (Å²) in [6.07, 6.45) is 5.42. The van der Waals surface area contributed by atoms with Gasteiger partial charge in [0, 0.05) is 0 Å². The zero-order chi connectivity index (χ0) is 14.4.